The molecule has 0 radical (unpaired) electrons. The average Bonchev–Trinajstić information content (AvgIpc) is 2.68. The quantitative estimate of drug-likeness (QED) is 0.640. The topological polar surface area (TPSA) is 23.5 Å². The van der Waals surface area contributed by atoms with Crippen LogP contribution in [0.1, 0.15) is 29.2 Å². The summed E-state index contributed by atoms with van der Waals surface area (Å²) in [5, 5.41) is 9.65. The van der Waals surface area contributed by atoms with Crippen LogP contribution >= 0.6 is 0 Å². The average molecular weight is 331 g/mol. The number of rotatable bonds is 8. The van der Waals surface area contributed by atoms with E-state index in [1.165, 1.54) is 16.7 Å². The molecule has 1 atom stereocenters. The van der Waals surface area contributed by atoms with Gasteiger partial charge in [-0.05, 0) is 23.1 Å². The second-order valence-corrected chi connectivity index (χ2v) is 6.31. The van der Waals surface area contributed by atoms with Gasteiger partial charge in [0.1, 0.15) is 0 Å². The van der Waals surface area contributed by atoms with Crippen molar-refractivity contribution < 1.29 is 5.11 Å². The molecule has 0 aliphatic carbocycles. The Balaban J connectivity index is 1.89. The van der Waals surface area contributed by atoms with E-state index in [4.69, 9.17) is 0 Å². The zero-order valence-electron chi connectivity index (χ0n) is 14.5. The molecule has 25 heavy (non-hydrogen) atoms. The zero-order chi connectivity index (χ0) is 17.3. The van der Waals surface area contributed by atoms with Gasteiger partial charge in [0.15, 0.2) is 0 Å². The van der Waals surface area contributed by atoms with Gasteiger partial charge in [-0.1, -0.05) is 91.0 Å². The van der Waals surface area contributed by atoms with Crippen molar-refractivity contribution in [2.45, 2.75) is 25.6 Å². The van der Waals surface area contributed by atoms with Gasteiger partial charge in [-0.25, -0.2) is 0 Å². The lowest BCUT2D eigenvalue weighted by molar-refractivity contribution is 0.142. The molecule has 2 nitrogen and oxygen atoms in total. The summed E-state index contributed by atoms with van der Waals surface area (Å²) in [5.41, 5.74) is 3.83. The van der Waals surface area contributed by atoms with Crippen LogP contribution in [-0.2, 0) is 13.1 Å². The highest BCUT2D eigenvalue weighted by molar-refractivity contribution is 5.22. The Morgan fingerprint density at radius 3 is 1.52 bits per heavy atom. The molecule has 0 aromatic heterocycles. The normalized spacial score (nSPS) is 12.2. The molecule has 1 N–H and O–H groups in total. The molecule has 3 rings (SSSR count). The van der Waals surface area contributed by atoms with Crippen molar-refractivity contribution in [1.82, 2.24) is 4.90 Å². The van der Waals surface area contributed by atoms with Crippen molar-refractivity contribution >= 4 is 0 Å². The molecule has 3 aromatic carbocycles. The molecule has 2 heteroatoms. The van der Waals surface area contributed by atoms with Crippen LogP contribution in [0, 0.1) is 0 Å². The van der Waals surface area contributed by atoms with Gasteiger partial charge in [0.05, 0.1) is 0 Å². The van der Waals surface area contributed by atoms with Crippen molar-refractivity contribution in [3.63, 3.8) is 0 Å². The molecule has 0 saturated heterocycles. The van der Waals surface area contributed by atoms with E-state index in [1.807, 2.05) is 18.2 Å². The first-order chi connectivity index (χ1) is 12.4. The highest BCUT2D eigenvalue weighted by Gasteiger charge is 2.20. The van der Waals surface area contributed by atoms with Gasteiger partial charge in [0, 0.05) is 25.7 Å². The van der Waals surface area contributed by atoms with Gasteiger partial charge < -0.3 is 5.11 Å². The molecule has 0 heterocycles. The van der Waals surface area contributed by atoms with Crippen molar-refractivity contribution in [2.24, 2.45) is 0 Å². The second-order valence-electron chi connectivity index (χ2n) is 6.31. The maximum atomic E-state index is 9.65. The summed E-state index contributed by atoms with van der Waals surface area (Å²) in [7, 11) is 0. The van der Waals surface area contributed by atoms with E-state index in [2.05, 4.69) is 77.7 Å². The summed E-state index contributed by atoms with van der Waals surface area (Å²) in [4.78, 5) is 2.45. The molecular weight excluding hydrogens is 306 g/mol. The lowest BCUT2D eigenvalue weighted by atomic mass is 10.0. The van der Waals surface area contributed by atoms with Crippen molar-refractivity contribution in [3.8, 4) is 0 Å². The molecule has 0 aliphatic rings. The highest BCUT2D eigenvalue weighted by Crippen LogP contribution is 2.27. The monoisotopic (exact) mass is 331 g/mol. The molecule has 3 aromatic rings. The minimum atomic E-state index is 0.180. The van der Waals surface area contributed by atoms with E-state index in [0.29, 0.717) is 0 Å². The van der Waals surface area contributed by atoms with Crippen LogP contribution < -0.4 is 0 Å². The SMILES string of the molecule is OCC[C@H](c1ccccc1)N(Cc1ccccc1)Cc1ccccc1. The maximum absolute atomic E-state index is 9.65. The molecule has 0 fully saturated rings. The van der Waals surface area contributed by atoms with Crippen molar-refractivity contribution in [2.75, 3.05) is 6.61 Å². The predicted octanol–water partition coefficient (Wildman–Crippen LogP) is 4.81. The van der Waals surface area contributed by atoms with Gasteiger partial charge in [-0.2, -0.15) is 0 Å². The first-order valence-electron chi connectivity index (χ1n) is 8.84. The Morgan fingerprint density at radius 2 is 1.08 bits per heavy atom. The third-order valence-electron chi connectivity index (χ3n) is 4.48. The van der Waals surface area contributed by atoms with Crippen LogP contribution in [0.5, 0.6) is 0 Å². The van der Waals surface area contributed by atoms with Crippen LogP contribution in [0.25, 0.3) is 0 Å². The molecule has 0 spiro atoms. The van der Waals surface area contributed by atoms with Crippen LogP contribution in [0.2, 0.25) is 0 Å². The number of hydrogen-bond donors (Lipinski definition) is 1. The number of aliphatic hydroxyl groups is 1. The van der Waals surface area contributed by atoms with Crippen LogP contribution in [0.4, 0.5) is 0 Å². The number of nitrogens with zero attached hydrogens (tertiary/aromatic N) is 1. The Kier molecular flexibility index (Phi) is 6.38. The van der Waals surface area contributed by atoms with E-state index in [1.54, 1.807) is 0 Å². The Bertz CT molecular complexity index is 686. The predicted molar refractivity (Wildman–Crippen MR) is 103 cm³/mol. The number of hydrogen-bond acceptors (Lipinski definition) is 2. The summed E-state index contributed by atoms with van der Waals surface area (Å²) in [6.45, 7) is 1.89. The number of benzene rings is 3. The minimum absolute atomic E-state index is 0.180. The minimum Gasteiger partial charge on any atom is -0.396 e. The molecule has 128 valence electrons. The third-order valence-corrected chi connectivity index (χ3v) is 4.48. The van der Waals surface area contributed by atoms with E-state index in [9.17, 15) is 5.11 Å². The zero-order valence-corrected chi connectivity index (χ0v) is 14.5. The van der Waals surface area contributed by atoms with Crippen LogP contribution in [-0.4, -0.2) is 16.6 Å². The van der Waals surface area contributed by atoms with Crippen LogP contribution in [0.15, 0.2) is 91.0 Å². The first-order valence-corrected chi connectivity index (χ1v) is 8.84. The summed E-state index contributed by atoms with van der Waals surface area (Å²) in [5.74, 6) is 0. The van der Waals surface area contributed by atoms with E-state index >= 15 is 0 Å². The summed E-state index contributed by atoms with van der Waals surface area (Å²) < 4.78 is 0. The van der Waals surface area contributed by atoms with Gasteiger partial charge in [-0.3, -0.25) is 4.90 Å². The summed E-state index contributed by atoms with van der Waals surface area (Å²) >= 11 is 0. The van der Waals surface area contributed by atoms with E-state index < -0.39 is 0 Å². The Labute approximate surface area is 150 Å². The smallest absolute Gasteiger partial charge is 0.0449 e. The van der Waals surface area contributed by atoms with E-state index in [-0.39, 0.29) is 12.6 Å². The fraction of sp³-hybridized carbons (Fsp3) is 0.217. The fourth-order valence-corrected chi connectivity index (χ4v) is 3.27. The second kappa shape index (κ2) is 9.16. The van der Waals surface area contributed by atoms with Crippen molar-refractivity contribution in [1.29, 1.82) is 0 Å². The molecule has 0 bridgehead atoms. The van der Waals surface area contributed by atoms with Gasteiger partial charge in [0.25, 0.3) is 0 Å². The van der Waals surface area contributed by atoms with Gasteiger partial charge in [0.2, 0.25) is 0 Å². The molecule has 0 saturated carbocycles. The molecular formula is C23H25NO. The van der Waals surface area contributed by atoms with Gasteiger partial charge in [-0.15, -0.1) is 0 Å². The largest absolute Gasteiger partial charge is 0.396 e. The highest BCUT2D eigenvalue weighted by atomic mass is 16.3. The fourth-order valence-electron chi connectivity index (χ4n) is 3.27. The standard InChI is InChI=1S/C23H25NO/c25-17-16-23(22-14-8-3-9-15-22)24(18-20-10-4-1-5-11-20)19-21-12-6-2-7-13-21/h1-15,23,25H,16-19H2/t23-/m1/s1. The summed E-state index contributed by atoms with van der Waals surface area (Å²) in [6.07, 6.45) is 0.726. The molecule has 0 aliphatic heterocycles. The Morgan fingerprint density at radius 1 is 0.640 bits per heavy atom. The third kappa shape index (κ3) is 5.02. The maximum Gasteiger partial charge on any atom is 0.0449 e. The first kappa shape index (κ1) is 17.4. The lowest BCUT2D eigenvalue weighted by Gasteiger charge is -2.32. The Hall–Kier alpha value is -2.42. The van der Waals surface area contributed by atoms with Crippen molar-refractivity contribution in [3.05, 3.63) is 108 Å². The lowest BCUT2D eigenvalue weighted by Crippen LogP contribution is -2.29. The molecule has 0 unspecified atom stereocenters. The molecule has 0 amide bonds. The number of aliphatic hydroxyl groups excluding tert-OH is 1. The van der Waals surface area contributed by atoms with Crippen LogP contribution in [0.3, 0.4) is 0 Å². The van der Waals surface area contributed by atoms with E-state index in [0.717, 1.165) is 19.5 Å². The summed E-state index contributed by atoms with van der Waals surface area (Å²) in [6, 6.07) is 31.8. The van der Waals surface area contributed by atoms with Gasteiger partial charge >= 0.3 is 0 Å².